The minimum absolute atomic E-state index is 0.231. The molecule has 0 N–H and O–H groups in total. The van der Waals surface area contributed by atoms with Gasteiger partial charge < -0.3 is 9.47 Å². The lowest BCUT2D eigenvalue weighted by Crippen LogP contribution is -2.49. The molecule has 1 fully saturated rings. The Bertz CT molecular complexity index is 280. The SMILES string of the molecule is CC1(CC(C)(C)C(C)(C)[N+](=O)[O-])OCCO1. The van der Waals surface area contributed by atoms with E-state index in [1.807, 2.05) is 20.8 Å². The Morgan fingerprint density at radius 2 is 1.69 bits per heavy atom. The average molecular weight is 231 g/mol. The largest absolute Gasteiger partial charge is 0.348 e. The first-order valence-electron chi connectivity index (χ1n) is 5.53. The van der Waals surface area contributed by atoms with Crippen molar-refractivity contribution < 1.29 is 14.4 Å². The van der Waals surface area contributed by atoms with Crippen LogP contribution in [0.4, 0.5) is 0 Å². The maximum Gasteiger partial charge on any atom is 0.221 e. The fourth-order valence-electron chi connectivity index (χ4n) is 1.93. The molecule has 0 aromatic rings. The molecule has 0 amide bonds. The number of hydrogen-bond acceptors (Lipinski definition) is 4. The van der Waals surface area contributed by atoms with Crippen molar-refractivity contribution in [1.82, 2.24) is 0 Å². The van der Waals surface area contributed by atoms with Crippen molar-refractivity contribution in [2.75, 3.05) is 13.2 Å². The Morgan fingerprint density at radius 3 is 2.06 bits per heavy atom. The number of nitro groups is 1. The van der Waals surface area contributed by atoms with E-state index in [9.17, 15) is 10.1 Å². The lowest BCUT2D eigenvalue weighted by Gasteiger charge is -2.38. The van der Waals surface area contributed by atoms with Crippen molar-refractivity contribution in [3.05, 3.63) is 10.1 Å². The van der Waals surface area contributed by atoms with Crippen molar-refractivity contribution in [3.8, 4) is 0 Å². The molecule has 0 saturated carbocycles. The number of hydrogen-bond donors (Lipinski definition) is 0. The van der Waals surface area contributed by atoms with Crippen LogP contribution in [0.5, 0.6) is 0 Å². The standard InChI is InChI=1S/C11H21NO4/c1-9(2,10(3,4)12(13)14)8-11(5)15-6-7-16-11/h6-8H2,1-5H3. The molecule has 1 heterocycles. The van der Waals surface area contributed by atoms with Gasteiger partial charge in [0.05, 0.1) is 13.2 Å². The lowest BCUT2D eigenvalue weighted by molar-refractivity contribution is -0.582. The molecular weight excluding hydrogens is 210 g/mol. The van der Waals surface area contributed by atoms with Crippen LogP contribution in [0.2, 0.25) is 0 Å². The number of ether oxygens (including phenoxy) is 2. The Kier molecular flexibility index (Phi) is 3.32. The van der Waals surface area contributed by atoms with Crippen LogP contribution >= 0.6 is 0 Å². The second-order valence-corrected chi connectivity index (χ2v) is 5.71. The van der Waals surface area contributed by atoms with Crippen LogP contribution in [-0.4, -0.2) is 29.5 Å². The topological polar surface area (TPSA) is 61.6 Å². The minimum atomic E-state index is -1.01. The third kappa shape index (κ3) is 2.35. The van der Waals surface area contributed by atoms with Crippen molar-refractivity contribution in [2.45, 2.75) is 52.4 Å². The number of rotatable bonds is 4. The molecule has 16 heavy (non-hydrogen) atoms. The van der Waals surface area contributed by atoms with Gasteiger partial charge in [-0.05, 0) is 6.92 Å². The summed E-state index contributed by atoms with van der Waals surface area (Å²) in [6.45, 7) is 10.0. The van der Waals surface area contributed by atoms with Crippen molar-refractivity contribution >= 4 is 0 Å². The molecule has 1 saturated heterocycles. The highest BCUT2D eigenvalue weighted by Crippen LogP contribution is 2.42. The van der Waals surface area contributed by atoms with Gasteiger partial charge in [0.15, 0.2) is 5.79 Å². The van der Waals surface area contributed by atoms with Gasteiger partial charge in [-0.2, -0.15) is 0 Å². The van der Waals surface area contributed by atoms with Crippen molar-refractivity contribution in [1.29, 1.82) is 0 Å². The summed E-state index contributed by atoms with van der Waals surface area (Å²) in [5, 5.41) is 11.1. The molecule has 0 aliphatic carbocycles. The molecule has 0 radical (unpaired) electrons. The van der Waals surface area contributed by atoms with Gasteiger partial charge in [0.1, 0.15) is 0 Å². The van der Waals surface area contributed by atoms with Crippen LogP contribution in [0.25, 0.3) is 0 Å². The summed E-state index contributed by atoms with van der Waals surface area (Å²) in [7, 11) is 0. The Labute approximate surface area is 96.3 Å². The van der Waals surface area contributed by atoms with Gasteiger partial charge in [0.25, 0.3) is 0 Å². The summed E-state index contributed by atoms with van der Waals surface area (Å²) in [4.78, 5) is 10.8. The third-order valence-electron chi connectivity index (χ3n) is 3.77. The normalized spacial score (nSPS) is 21.1. The van der Waals surface area contributed by atoms with Crippen LogP contribution in [0.3, 0.4) is 0 Å². The first-order valence-corrected chi connectivity index (χ1v) is 5.53. The maximum atomic E-state index is 11.1. The van der Waals surface area contributed by atoms with E-state index >= 15 is 0 Å². The van der Waals surface area contributed by atoms with Gasteiger partial charge in [0.2, 0.25) is 5.54 Å². The number of nitrogens with zero attached hydrogens (tertiary/aromatic N) is 1. The highest BCUT2D eigenvalue weighted by molar-refractivity contribution is 4.91. The minimum Gasteiger partial charge on any atom is -0.348 e. The van der Waals surface area contributed by atoms with Gasteiger partial charge in [-0.1, -0.05) is 13.8 Å². The third-order valence-corrected chi connectivity index (χ3v) is 3.77. The molecule has 1 aliphatic heterocycles. The lowest BCUT2D eigenvalue weighted by atomic mass is 9.71. The van der Waals surface area contributed by atoms with E-state index in [4.69, 9.17) is 9.47 Å². The molecule has 0 unspecified atom stereocenters. The van der Waals surface area contributed by atoms with Crippen LogP contribution in [0, 0.1) is 15.5 Å². The molecule has 0 bridgehead atoms. The molecule has 5 heteroatoms. The van der Waals surface area contributed by atoms with E-state index < -0.39 is 16.7 Å². The molecule has 5 nitrogen and oxygen atoms in total. The van der Waals surface area contributed by atoms with Crippen LogP contribution in [0.1, 0.15) is 41.0 Å². The molecule has 0 aromatic heterocycles. The van der Waals surface area contributed by atoms with E-state index in [2.05, 4.69) is 0 Å². The quantitative estimate of drug-likeness (QED) is 0.549. The van der Waals surface area contributed by atoms with E-state index in [0.29, 0.717) is 19.6 Å². The summed E-state index contributed by atoms with van der Waals surface area (Å²) < 4.78 is 11.0. The van der Waals surface area contributed by atoms with Crippen molar-refractivity contribution in [3.63, 3.8) is 0 Å². The molecule has 0 aromatic carbocycles. The van der Waals surface area contributed by atoms with E-state index in [1.54, 1.807) is 13.8 Å². The van der Waals surface area contributed by atoms with Gasteiger partial charge in [-0.25, -0.2) is 0 Å². The van der Waals surface area contributed by atoms with E-state index in [0.717, 1.165) is 0 Å². The highest BCUT2D eigenvalue weighted by atomic mass is 16.7. The van der Waals surface area contributed by atoms with Gasteiger partial charge in [-0.3, -0.25) is 10.1 Å². The zero-order chi connectivity index (χ0) is 12.6. The molecule has 1 rings (SSSR count). The fraction of sp³-hybridized carbons (Fsp3) is 1.00. The highest BCUT2D eigenvalue weighted by Gasteiger charge is 2.52. The molecule has 94 valence electrons. The van der Waals surface area contributed by atoms with Crippen molar-refractivity contribution in [2.24, 2.45) is 5.41 Å². The van der Waals surface area contributed by atoms with Crippen LogP contribution in [-0.2, 0) is 9.47 Å². The monoisotopic (exact) mass is 231 g/mol. The second-order valence-electron chi connectivity index (χ2n) is 5.71. The molecular formula is C11H21NO4. The summed E-state index contributed by atoms with van der Waals surface area (Å²) in [5.41, 5.74) is -1.51. The zero-order valence-corrected chi connectivity index (χ0v) is 10.7. The van der Waals surface area contributed by atoms with E-state index in [1.165, 1.54) is 0 Å². The zero-order valence-electron chi connectivity index (χ0n) is 10.7. The van der Waals surface area contributed by atoms with E-state index in [-0.39, 0.29) is 4.92 Å². The molecule has 0 spiro atoms. The molecule has 1 aliphatic rings. The average Bonchev–Trinajstić information content (AvgIpc) is 2.49. The fourth-order valence-corrected chi connectivity index (χ4v) is 1.93. The smallest absolute Gasteiger partial charge is 0.221 e. The second kappa shape index (κ2) is 3.96. The van der Waals surface area contributed by atoms with Gasteiger partial charge in [-0.15, -0.1) is 0 Å². The first-order chi connectivity index (χ1) is 7.11. The van der Waals surface area contributed by atoms with Gasteiger partial charge in [0, 0.05) is 30.6 Å². The van der Waals surface area contributed by atoms with Crippen LogP contribution < -0.4 is 0 Å². The molecule has 0 atom stereocenters. The maximum absolute atomic E-state index is 11.1. The summed E-state index contributed by atoms with van der Waals surface area (Å²) in [5.74, 6) is -0.684. The first kappa shape index (κ1) is 13.4. The summed E-state index contributed by atoms with van der Waals surface area (Å²) in [6.07, 6.45) is 0.508. The Balaban J connectivity index is 2.82. The van der Waals surface area contributed by atoms with Gasteiger partial charge >= 0.3 is 0 Å². The predicted octanol–water partition coefficient (Wildman–Crippen LogP) is 2.22. The Hall–Kier alpha value is -0.680. The predicted molar refractivity (Wildman–Crippen MR) is 59.8 cm³/mol. The Morgan fingerprint density at radius 1 is 1.25 bits per heavy atom. The summed E-state index contributed by atoms with van der Waals surface area (Å²) in [6, 6.07) is 0. The van der Waals surface area contributed by atoms with Crippen LogP contribution in [0.15, 0.2) is 0 Å². The summed E-state index contributed by atoms with van der Waals surface area (Å²) >= 11 is 0.